The molecule has 0 bridgehead atoms. The van der Waals surface area contributed by atoms with Gasteiger partial charge in [-0.1, -0.05) is 42.5 Å². The van der Waals surface area contributed by atoms with Gasteiger partial charge in [0.1, 0.15) is 19.0 Å². The van der Waals surface area contributed by atoms with Gasteiger partial charge in [-0.25, -0.2) is 0 Å². The summed E-state index contributed by atoms with van der Waals surface area (Å²) in [6.45, 7) is 3.08. The number of ether oxygens (including phenoxy) is 4. The van der Waals surface area contributed by atoms with Gasteiger partial charge in [0, 0.05) is 6.42 Å². The van der Waals surface area contributed by atoms with Crippen LogP contribution in [0.3, 0.4) is 0 Å². The molecule has 0 heterocycles. The lowest BCUT2D eigenvalue weighted by Crippen LogP contribution is -2.20. The molecular formula is C23H28O6. The summed E-state index contributed by atoms with van der Waals surface area (Å²) >= 11 is 0. The van der Waals surface area contributed by atoms with Crippen molar-refractivity contribution in [2.75, 3.05) is 26.9 Å². The summed E-state index contributed by atoms with van der Waals surface area (Å²) in [6, 6.07) is 17.2. The molecule has 156 valence electrons. The van der Waals surface area contributed by atoms with E-state index in [1.165, 1.54) is 7.11 Å². The standard InChI is InChI=1S/C23H28O6/c1-18(23(25)26-2)16-27-13-14-28-21-10-6-9-19(15-21)11-12-22(24)29-17-20-7-4-3-5-8-20/h3-10,15,18H,11-14,16-17H2,1-2H3/t18-/m0/s1. The highest BCUT2D eigenvalue weighted by molar-refractivity contribution is 5.71. The van der Waals surface area contributed by atoms with Crippen molar-refractivity contribution < 1.29 is 28.5 Å². The number of carbonyl (C=O) groups excluding carboxylic acids is 2. The minimum absolute atomic E-state index is 0.228. The quantitative estimate of drug-likeness (QED) is 0.401. The van der Waals surface area contributed by atoms with E-state index in [9.17, 15) is 9.59 Å². The van der Waals surface area contributed by atoms with Crippen molar-refractivity contribution >= 4 is 11.9 Å². The van der Waals surface area contributed by atoms with Crippen LogP contribution in [0.4, 0.5) is 0 Å². The Labute approximate surface area is 171 Å². The van der Waals surface area contributed by atoms with E-state index in [1.807, 2.05) is 54.6 Å². The molecule has 2 aromatic carbocycles. The molecule has 0 fully saturated rings. The van der Waals surface area contributed by atoms with Gasteiger partial charge in [-0.2, -0.15) is 0 Å². The topological polar surface area (TPSA) is 71.1 Å². The number of carbonyl (C=O) groups is 2. The van der Waals surface area contributed by atoms with E-state index in [4.69, 9.17) is 14.2 Å². The number of rotatable bonds is 12. The maximum Gasteiger partial charge on any atom is 0.310 e. The minimum atomic E-state index is -0.301. The maximum absolute atomic E-state index is 11.9. The monoisotopic (exact) mass is 400 g/mol. The Kier molecular flexibility index (Phi) is 9.72. The zero-order chi connectivity index (χ0) is 20.9. The summed E-state index contributed by atoms with van der Waals surface area (Å²) < 4.78 is 21.0. The van der Waals surface area contributed by atoms with Crippen molar-refractivity contribution in [1.29, 1.82) is 0 Å². The molecule has 0 amide bonds. The Morgan fingerprint density at radius 2 is 1.72 bits per heavy atom. The zero-order valence-electron chi connectivity index (χ0n) is 17.0. The molecule has 0 saturated carbocycles. The molecule has 1 atom stereocenters. The fourth-order valence-corrected chi connectivity index (χ4v) is 2.60. The lowest BCUT2D eigenvalue weighted by Gasteiger charge is -2.11. The molecule has 6 nitrogen and oxygen atoms in total. The van der Waals surface area contributed by atoms with Gasteiger partial charge in [0.05, 0.1) is 26.2 Å². The number of hydrogen-bond donors (Lipinski definition) is 0. The molecule has 6 heteroatoms. The third-order valence-electron chi connectivity index (χ3n) is 4.23. The van der Waals surface area contributed by atoms with E-state index >= 15 is 0 Å². The minimum Gasteiger partial charge on any atom is -0.491 e. The Morgan fingerprint density at radius 1 is 0.966 bits per heavy atom. The molecule has 0 N–H and O–H groups in total. The summed E-state index contributed by atoms with van der Waals surface area (Å²) in [7, 11) is 1.36. The lowest BCUT2D eigenvalue weighted by atomic mass is 10.1. The van der Waals surface area contributed by atoms with Gasteiger partial charge in [0.25, 0.3) is 0 Å². The second-order valence-corrected chi connectivity index (χ2v) is 6.64. The van der Waals surface area contributed by atoms with Crippen LogP contribution in [0.15, 0.2) is 54.6 Å². The van der Waals surface area contributed by atoms with E-state index in [0.717, 1.165) is 11.1 Å². The molecular weight excluding hydrogens is 372 g/mol. The molecule has 0 aliphatic carbocycles. The van der Waals surface area contributed by atoms with Crippen LogP contribution in [0.5, 0.6) is 5.75 Å². The van der Waals surface area contributed by atoms with Crippen LogP contribution in [0.25, 0.3) is 0 Å². The number of esters is 2. The predicted octanol–water partition coefficient (Wildman–Crippen LogP) is 3.57. The highest BCUT2D eigenvalue weighted by Gasteiger charge is 2.12. The molecule has 2 aromatic rings. The molecule has 0 radical (unpaired) electrons. The normalized spacial score (nSPS) is 11.5. The van der Waals surface area contributed by atoms with Crippen LogP contribution in [-0.2, 0) is 36.8 Å². The Morgan fingerprint density at radius 3 is 2.48 bits per heavy atom. The number of benzene rings is 2. The Balaban J connectivity index is 1.65. The van der Waals surface area contributed by atoms with Crippen LogP contribution in [0, 0.1) is 5.92 Å². The SMILES string of the molecule is COC(=O)[C@@H](C)COCCOc1cccc(CCC(=O)OCc2ccccc2)c1. The van der Waals surface area contributed by atoms with Gasteiger partial charge in [-0.05, 0) is 36.6 Å². The van der Waals surface area contributed by atoms with Gasteiger partial charge in [-0.15, -0.1) is 0 Å². The molecule has 0 aromatic heterocycles. The van der Waals surface area contributed by atoms with E-state index in [0.29, 0.717) is 38.4 Å². The number of hydrogen-bond acceptors (Lipinski definition) is 6. The van der Waals surface area contributed by atoms with E-state index in [1.54, 1.807) is 6.92 Å². The summed E-state index contributed by atoms with van der Waals surface area (Å²) in [6.07, 6.45) is 0.892. The van der Waals surface area contributed by atoms with Crippen LogP contribution < -0.4 is 4.74 Å². The van der Waals surface area contributed by atoms with Crippen molar-refractivity contribution in [3.63, 3.8) is 0 Å². The Hall–Kier alpha value is -2.86. The van der Waals surface area contributed by atoms with Gasteiger partial charge in [-0.3, -0.25) is 9.59 Å². The third-order valence-corrected chi connectivity index (χ3v) is 4.23. The molecule has 29 heavy (non-hydrogen) atoms. The molecule has 0 aliphatic heterocycles. The van der Waals surface area contributed by atoms with Crippen LogP contribution in [-0.4, -0.2) is 38.9 Å². The first kappa shape index (κ1) is 22.4. The van der Waals surface area contributed by atoms with Crippen molar-refractivity contribution in [2.24, 2.45) is 5.92 Å². The van der Waals surface area contributed by atoms with Crippen molar-refractivity contribution in [3.8, 4) is 5.75 Å². The maximum atomic E-state index is 11.9. The first-order chi connectivity index (χ1) is 14.1. The van der Waals surface area contributed by atoms with Crippen LogP contribution in [0.1, 0.15) is 24.5 Å². The van der Waals surface area contributed by atoms with Gasteiger partial charge in [0.2, 0.25) is 0 Å². The van der Waals surface area contributed by atoms with Crippen molar-refractivity contribution in [1.82, 2.24) is 0 Å². The lowest BCUT2D eigenvalue weighted by molar-refractivity contribution is -0.147. The summed E-state index contributed by atoms with van der Waals surface area (Å²) in [4.78, 5) is 23.2. The second-order valence-electron chi connectivity index (χ2n) is 6.64. The van der Waals surface area contributed by atoms with E-state index < -0.39 is 0 Å². The molecule has 2 rings (SSSR count). The third kappa shape index (κ3) is 8.79. The number of aryl methyl sites for hydroxylation is 1. The molecule has 0 aliphatic rings. The molecule has 0 spiro atoms. The molecule has 0 saturated heterocycles. The fraction of sp³-hybridized carbons (Fsp3) is 0.391. The smallest absolute Gasteiger partial charge is 0.310 e. The van der Waals surface area contributed by atoms with E-state index in [2.05, 4.69) is 4.74 Å². The largest absolute Gasteiger partial charge is 0.491 e. The summed E-state index contributed by atoms with van der Waals surface area (Å²) in [5, 5.41) is 0. The van der Waals surface area contributed by atoms with Crippen LogP contribution >= 0.6 is 0 Å². The van der Waals surface area contributed by atoms with Crippen molar-refractivity contribution in [3.05, 3.63) is 65.7 Å². The Bertz CT molecular complexity index is 759. The molecule has 0 unspecified atom stereocenters. The zero-order valence-corrected chi connectivity index (χ0v) is 17.0. The summed E-state index contributed by atoms with van der Waals surface area (Å²) in [5.74, 6) is -0.107. The first-order valence-corrected chi connectivity index (χ1v) is 9.65. The number of methoxy groups -OCH3 is 1. The average Bonchev–Trinajstić information content (AvgIpc) is 2.76. The van der Waals surface area contributed by atoms with Gasteiger partial charge >= 0.3 is 11.9 Å². The van der Waals surface area contributed by atoms with Crippen LogP contribution in [0.2, 0.25) is 0 Å². The fourth-order valence-electron chi connectivity index (χ4n) is 2.60. The van der Waals surface area contributed by atoms with Gasteiger partial charge in [0.15, 0.2) is 0 Å². The predicted molar refractivity (Wildman–Crippen MR) is 108 cm³/mol. The first-order valence-electron chi connectivity index (χ1n) is 9.65. The highest BCUT2D eigenvalue weighted by atomic mass is 16.5. The van der Waals surface area contributed by atoms with E-state index in [-0.39, 0.29) is 24.5 Å². The van der Waals surface area contributed by atoms with Gasteiger partial charge < -0.3 is 18.9 Å². The second kappa shape index (κ2) is 12.6. The highest BCUT2D eigenvalue weighted by Crippen LogP contribution is 2.15. The van der Waals surface area contributed by atoms with Crippen molar-refractivity contribution in [2.45, 2.75) is 26.4 Å². The average molecular weight is 400 g/mol. The summed E-state index contributed by atoms with van der Waals surface area (Å²) in [5.41, 5.74) is 1.97.